The van der Waals surface area contributed by atoms with Gasteiger partial charge in [0.05, 0.1) is 0 Å². The lowest BCUT2D eigenvalue weighted by molar-refractivity contribution is 0.952. The van der Waals surface area contributed by atoms with Crippen LogP contribution >= 0.6 is 0 Å². The fourth-order valence-corrected chi connectivity index (χ4v) is 5.31. The Balaban J connectivity index is 1.37. The van der Waals surface area contributed by atoms with Gasteiger partial charge in [0.1, 0.15) is 0 Å². The van der Waals surface area contributed by atoms with Crippen LogP contribution in [-0.2, 0) is 12.8 Å². The van der Waals surface area contributed by atoms with Crippen LogP contribution in [0.2, 0.25) is 0 Å². The molecule has 194 valence electrons. The number of benzene rings is 6. The van der Waals surface area contributed by atoms with Crippen molar-refractivity contribution in [3.63, 3.8) is 0 Å². The summed E-state index contributed by atoms with van der Waals surface area (Å²) in [6.45, 7) is 0. The van der Waals surface area contributed by atoms with Crippen LogP contribution in [0.3, 0.4) is 0 Å². The smallest absolute Gasteiger partial charge is 0.0493 e. The molecular formula is C38H32N2. The molecule has 0 heterocycles. The van der Waals surface area contributed by atoms with Gasteiger partial charge in [0, 0.05) is 34.1 Å². The van der Waals surface area contributed by atoms with Crippen LogP contribution < -0.4 is 9.80 Å². The first kappa shape index (κ1) is 25.2. The molecule has 2 nitrogen and oxygen atoms in total. The number of para-hydroxylation sites is 6. The summed E-state index contributed by atoms with van der Waals surface area (Å²) in [5, 5.41) is 0. The van der Waals surface area contributed by atoms with Crippen LogP contribution in [0.4, 0.5) is 34.1 Å². The summed E-state index contributed by atoms with van der Waals surface area (Å²) < 4.78 is 0. The molecule has 6 aromatic rings. The summed E-state index contributed by atoms with van der Waals surface area (Å²) >= 11 is 0. The highest BCUT2D eigenvalue weighted by molar-refractivity contribution is 5.80. The van der Waals surface area contributed by atoms with E-state index in [1.807, 2.05) is 0 Å². The third-order valence-electron chi connectivity index (χ3n) is 7.19. The Kier molecular flexibility index (Phi) is 7.68. The maximum atomic E-state index is 2.36. The lowest BCUT2D eigenvalue weighted by Crippen LogP contribution is -2.14. The van der Waals surface area contributed by atoms with Gasteiger partial charge in [-0.2, -0.15) is 0 Å². The largest absolute Gasteiger partial charge is 0.310 e. The first-order valence-electron chi connectivity index (χ1n) is 13.8. The number of nitrogens with zero attached hydrogens (tertiary/aromatic N) is 2. The summed E-state index contributed by atoms with van der Waals surface area (Å²) in [5.41, 5.74) is 9.66. The molecule has 0 radical (unpaired) electrons. The normalized spacial score (nSPS) is 10.7. The maximum Gasteiger partial charge on any atom is 0.0493 e. The highest BCUT2D eigenvalue weighted by atomic mass is 15.1. The predicted molar refractivity (Wildman–Crippen MR) is 170 cm³/mol. The Hall–Kier alpha value is -5.08. The second kappa shape index (κ2) is 12.2. The second-order valence-electron chi connectivity index (χ2n) is 9.77. The Morgan fingerprint density at radius 3 is 0.825 bits per heavy atom. The summed E-state index contributed by atoms with van der Waals surface area (Å²) in [6, 6.07) is 60.1. The lowest BCUT2D eigenvalue weighted by atomic mass is 9.99. The summed E-state index contributed by atoms with van der Waals surface area (Å²) in [6.07, 6.45) is 1.83. The third-order valence-corrected chi connectivity index (χ3v) is 7.19. The van der Waals surface area contributed by atoms with E-state index >= 15 is 0 Å². The highest BCUT2D eigenvalue weighted by Crippen LogP contribution is 2.39. The van der Waals surface area contributed by atoms with E-state index in [9.17, 15) is 0 Å². The first-order valence-corrected chi connectivity index (χ1v) is 13.8. The van der Waals surface area contributed by atoms with Crippen molar-refractivity contribution in [1.29, 1.82) is 0 Å². The van der Waals surface area contributed by atoms with Crippen molar-refractivity contribution < 1.29 is 0 Å². The van der Waals surface area contributed by atoms with E-state index in [1.54, 1.807) is 0 Å². The van der Waals surface area contributed by atoms with Crippen molar-refractivity contribution in [3.05, 3.63) is 181 Å². The number of rotatable bonds is 9. The zero-order valence-electron chi connectivity index (χ0n) is 22.5. The van der Waals surface area contributed by atoms with Gasteiger partial charge in [0.2, 0.25) is 0 Å². The molecule has 40 heavy (non-hydrogen) atoms. The van der Waals surface area contributed by atoms with Gasteiger partial charge in [0.15, 0.2) is 0 Å². The van der Waals surface area contributed by atoms with E-state index in [0.29, 0.717) is 0 Å². The Bertz CT molecular complexity index is 1430. The van der Waals surface area contributed by atoms with Crippen molar-refractivity contribution >= 4 is 34.1 Å². The fourth-order valence-electron chi connectivity index (χ4n) is 5.31. The topological polar surface area (TPSA) is 6.48 Å². The molecule has 2 heteroatoms. The number of anilines is 6. The van der Waals surface area contributed by atoms with Gasteiger partial charge < -0.3 is 9.80 Å². The summed E-state index contributed by atoms with van der Waals surface area (Å²) in [7, 11) is 0. The molecule has 0 saturated heterocycles. The van der Waals surface area contributed by atoms with E-state index in [1.165, 1.54) is 22.5 Å². The Morgan fingerprint density at radius 1 is 0.275 bits per heavy atom. The number of aryl methyl sites for hydroxylation is 2. The molecule has 6 rings (SSSR count). The molecule has 0 amide bonds. The number of hydrogen-bond acceptors (Lipinski definition) is 2. The van der Waals surface area contributed by atoms with Crippen molar-refractivity contribution in [2.75, 3.05) is 9.80 Å². The minimum atomic E-state index is 0.917. The molecular weight excluding hydrogens is 484 g/mol. The van der Waals surface area contributed by atoms with E-state index < -0.39 is 0 Å². The highest BCUT2D eigenvalue weighted by Gasteiger charge is 2.18. The first-order chi connectivity index (χ1) is 19.9. The van der Waals surface area contributed by atoms with Crippen molar-refractivity contribution in [3.8, 4) is 0 Å². The third kappa shape index (κ3) is 5.52. The zero-order chi connectivity index (χ0) is 27.0. The molecule has 0 unspecified atom stereocenters. The Labute approximate surface area is 237 Å². The SMILES string of the molecule is c1ccc(N(c2ccccc2)c2ccccc2CCc2ccccc2N(c2ccccc2)c2ccccc2)cc1. The standard InChI is InChI=1S/C38H32N2/c1-5-19-33(20-6-1)39(34-21-7-2-8-22-34)37-27-15-13-17-31(37)29-30-32-18-14-16-28-38(32)40(35-23-9-3-10-24-35)36-25-11-4-12-26-36/h1-28H,29-30H2. The van der Waals surface area contributed by atoms with E-state index in [0.717, 1.165) is 35.6 Å². The van der Waals surface area contributed by atoms with Gasteiger partial charge >= 0.3 is 0 Å². The molecule has 0 aliphatic heterocycles. The Morgan fingerprint density at radius 2 is 0.525 bits per heavy atom. The van der Waals surface area contributed by atoms with Gasteiger partial charge in [-0.15, -0.1) is 0 Å². The van der Waals surface area contributed by atoms with Crippen LogP contribution in [0.1, 0.15) is 11.1 Å². The molecule has 0 N–H and O–H groups in total. The molecule has 0 aromatic heterocycles. The molecule has 0 fully saturated rings. The van der Waals surface area contributed by atoms with Gasteiger partial charge in [-0.25, -0.2) is 0 Å². The molecule has 0 saturated carbocycles. The van der Waals surface area contributed by atoms with Crippen molar-refractivity contribution in [1.82, 2.24) is 0 Å². The quantitative estimate of drug-likeness (QED) is 0.189. The van der Waals surface area contributed by atoms with Crippen LogP contribution in [0.25, 0.3) is 0 Å². The average molecular weight is 517 g/mol. The zero-order valence-corrected chi connectivity index (χ0v) is 22.5. The lowest BCUT2D eigenvalue weighted by Gasteiger charge is -2.29. The maximum absolute atomic E-state index is 2.36. The van der Waals surface area contributed by atoms with Gasteiger partial charge in [-0.3, -0.25) is 0 Å². The molecule has 0 bridgehead atoms. The summed E-state index contributed by atoms with van der Waals surface area (Å²) in [5.74, 6) is 0. The van der Waals surface area contributed by atoms with Gasteiger partial charge in [-0.05, 0) is 84.6 Å². The molecule has 0 aliphatic carbocycles. The van der Waals surface area contributed by atoms with E-state index in [4.69, 9.17) is 0 Å². The van der Waals surface area contributed by atoms with Crippen LogP contribution in [0.15, 0.2) is 170 Å². The van der Waals surface area contributed by atoms with Crippen LogP contribution in [0, 0.1) is 0 Å². The molecule has 0 atom stereocenters. The molecule has 0 spiro atoms. The van der Waals surface area contributed by atoms with Crippen LogP contribution in [0.5, 0.6) is 0 Å². The van der Waals surface area contributed by atoms with Gasteiger partial charge in [-0.1, -0.05) is 109 Å². The predicted octanol–water partition coefficient (Wildman–Crippen LogP) is 10.4. The summed E-state index contributed by atoms with van der Waals surface area (Å²) in [4.78, 5) is 4.73. The molecule has 6 aromatic carbocycles. The van der Waals surface area contributed by atoms with Crippen molar-refractivity contribution in [2.24, 2.45) is 0 Å². The van der Waals surface area contributed by atoms with E-state index in [2.05, 4.69) is 180 Å². The minimum Gasteiger partial charge on any atom is -0.310 e. The van der Waals surface area contributed by atoms with Crippen molar-refractivity contribution in [2.45, 2.75) is 12.8 Å². The van der Waals surface area contributed by atoms with Gasteiger partial charge in [0.25, 0.3) is 0 Å². The van der Waals surface area contributed by atoms with Crippen LogP contribution in [-0.4, -0.2) is 0 Å². The second-order valence-corrected chi connectivity index (χ2v) is 9.77. The van der Waals surface area contributed by atoms with E-state index in [-0.39, 0.29) is 0 Å². The fraction of sp³-hybridized carbons (Fsp3) is 0.0526. The molecule has 0 aliphatic rings. The minimum absolute atomic E-state index is 0.917. The average Bonchev–Trinajstić information content (AvgIpc) is 3.04. The number of hydrogen-bond donors (Lipinski definition) is 0. The monoisotopic (exact) mass is 516 g/mol.